The largest absolute Gasteiger partial charge is 0.394 e. The van der Waals surface area contributed by atoms with E-state index in [2.05, 4.69) is 41.9 Å². The Labute approximate surface area is 270 Å². The summed E-state index contributed by atoms with van der Waals surface area (Å²) >= 11 is 0. The summed E-state index contributed by atoms with van der Waals surface area (Å²) in [6.07, 6.45) is 5.38. The molecule has 16 heteroatoms. The van der Waals surface area contributed by atoms with Gasteiger partial charge in [-0.1, -0.05) is 43.3 Å². The van der Waals surface area contributed by atoms with Crippen LogP contribution in [0.4, 0.5) is 0 Å². The molecule has 250 valence electrons. The maximum Gasteiger partial charge on any atom is 0.270 e. The molecule has 2 heterocycles. The van der Waals surface area contributed by atoms with Crippen LogP contribution in [-0.2, 0) is 37.1 Å². The molecule has 0 fully saturated rings. The van der Waals surface area contributed by atoms with Crippen LogP contribution in [0.25, 0.3) is 0 Å². The Morgan fingerprint density at radius 3 is 1.77 bits per heavy atom. The van der Waals surface area contributed by atoms with Crippen molar-refractivity contribution in [3.05, 3.63) is 77.8 Å². The van der Waals surface area contributed by atoms with Crippen molar-refractivity contribution in [1.82, 2.24) is 36.9 Å². The summed E-state index contributed by atoms with van der Waals surface area (Å²) in [6.45, 7) is 0.0409. The van der Waals surface area contributed by atoms with Crippen molar-refractivity contribution in [2.24, 2.45) is 10.9 Å². The summed E-state index contributed by atoms with van der Waals surface area (Å²) in [7, 11) is 0. The minimum absolute atomic E-state index is 0.0724. The van der Waals surface area contributed by atoms with E-state index in [4.69, 9.17) is 0 Å². The van der Waals surface area contributed by atoms with E-state index in [1.54, 1.807) is 36.4 Å². The van der Waals surface area contributed by atoms with Crippen LogP contribution in [0.1, 0.15) is 35.0 Å². The molecule has 0 saturated heterocycles. The van der Waals surface area contributed by atoms with Crippen molar-refractivity contribution in [1.29, 1.82) is 0 Å². The Kier molecular flexibility index (Phi) is 14.2. The van der Waals surface area contributed by atoms with Crippen molar-refractivity contribution >= 4 is 41.2 Å². The van der Waals surface area contributed by atoms with Gasteiger partial charge in [-0.3, -0.25) is 38.7 Å². The third kappa shape index (κ3) is 11.8. The number of amides is 6. The minimum Gasteiger partial charge on any atom is -0.394 e. The van der Waals surface area contributed by atoms with Crippen LogP contribution in [0.5, 0.6) is 0 Å². The highest BCUT2D eigenvalue weighted by Gasteiger charge is 2.26. The smallest absolute Gasteiger partial charge is 0.270 e. The molecule has 0 saturated carbocycles. The number of aliphatic hydroxyl groups is 2. The van der Waals surface area contributed by atoms with Crippen molar-refractivity contribution in [3.63, 3.8) is 0 Å². The van der Waals surface area contributed by atoms with Crippen molar-refractivity contribution < 1.29 is 39.0 Å². The average molecular weight is 651 g/mol. The second kappa shape index (κ2) is 18.5. The number of rotatable bonds is 16. The first kappa shape index (κ1) is 36.0. The van der Waals surface area contributed by atoms with Crippen molar-refractivity contribution in [2.45, 2.75) is 38.5 Å². The van der Waals surface area contributed by atoms with Gasteiger partial charge in [0.1, 0.15) is 23.5 Å². The molecule has 1 aromatic carbocycles. The van der Waals surface area contributed by atoms with Gasteiger partial charge in [-0.15, -0.1) is 0 Å². The number of hydrogen-bond donors (Lipinski definition) is 8. The second-order valence-corrected chi connectivity index (χ2v) is 10.5. The fourth-order valence-corrected chi connectivity index (χ4v) is 4.15. The van der Waals surface area contributed by atoms with Crippen molar-refractivity contribution in [2.75, 3.05) is 26.3 Å². The Morgan fingerprint density at radius 1 is 0.766 bits per heavy atom. The molecule has 2 aromatic rings. The number of pyridine rings is 1. The molecule has 0 bridgehead atoms. The number of carbonyl (C=O) groups excluding carboxylic acids is 6. The maximum atomic E-state index is 12.4. The maximum absolute atomic E-state index is 12.4. The fourth-order valence-electron chi connectivity index (χ4n) is 4.15. The molecule has 1 unspecified atom stereocenters. The first-order valence-corrected chi connectivity index (χ1v) is 14.7. The lowest BCUT2D eigenvalue weighted by atomic mass is 9.99. The Bertz CT molecular complexity index is 1480. The van der Waals surface area contributed by atoms with Gasteiger partial charge in [0.15, 0.2) is 0 Å². The highest BCUT2D eigenvalue weighted by Crippen LogP contribution is 2.11. The number of carbonyl (C=O) groups is 6. The van der Waals surface area contributed by atoms with Gasteiger partial charge in [-0.2, -0.15) is 0 Å². The zero-order chi connectivity index (χ0) is 34.2. The topological polar surface area (TPSA) is 240 Å². The number of aliphatic imine (C=N–C) groups is 1. The van der Waals surface area contributed by atoms with Gasteiger partial charge in [0.25, 0.3) is 11.8 Å². The zero-order valence-corrected chi connectivity index (χ0v) is 25.7. The molecule has 3 rings (SSSR count). The molecule has 0 radical (unpaired) electrons. The molecule has 0 spiro atoms. The molecule has 8 N–H and O–H groups in total. The van der Waals surface area contributed by atoms with Gasteiger partial charge in [-0.25, -0.2) is 0 Å². The van der Waals surface area contributed by atoms with Crippen LogP contribution in [-0.4, -0.2) is 94.7 Å². The quantitative estimate of drug-likeness (QED) is 0.0983. The van der Waals surface area contributed by atoms with Gasteiger partial charge in [-0.05, 0) is 29.7 Å². The van der Waals surface area contributed by atoms with Crippen LogP contribution < -0.4 is 31.9 Å². The third-order valence-corrected chi connectivity index (χ3v) is 6.86. The third-order valence-electron chi connectivity index (χ3n) is 6.86. The summed E-state index contributed by atoms with van der Waals surface area (Å²) in [5.74, 6) is -3.79. The first-order chi connectivity index (χ1) is 22.6. The van der Waals surface area contributed by atoms with E-state index >= 15 is 0 Å². The molecular formula is C31H38N8O8. The molecule has 3 atom stereocenters. The number of allylic oxidation sites excluding steroid dienone is 1. The number of hydrogen-bond acceptors (Lipinski definition) is 10. The van der Waals surface area contributed by atoms with Crippen LogP contribution in [0.2, 0.25) is 0 Å². The van der Waals surface area contributed by atoms with E-state index in [-0.39, 0.29) is 43.5 Å². The molecule has 1 aliphatic heterocycles. The minimum atomic E-state index is -1.27. The molecule has 47 heavy (non-hydrogen) atoms. The predicted octanol–water partition coefficient (Wildman–Crippen LogP) is -2.19. The zero-order valence-electron chi connectivity index (χ0n) is 25.7. The van der Waals surface area contributed by atoms with Gasteiger partial charge in [0.05, 0.1) is 26.3 Å². The number of benzene rings is 1. The number of nitrogens with zero attached hydrogens (tertiary/aromatic N) is 2. The summed E-state index contributed by atoms with van der Waals surface area (Å²) < 4.78 is 0. The van der Waals surface area contributed by atoms with E-state index in [1.807, 2.05) is 13.0 Å². The number of aromatic nitrogens is 1. The highest BCUT2D eigenvalue weighted by molar-refractivity contribution is 6.40. The predicted molar refractivity (Wildman–Crippen MR) is 168 cm³/mol. The number of nitrogens with one attached hydrogen (secondary N) is 6. The molecular weight excluding hydrogens is 612 g/mol. The number of aliphatic hydroxyl groups excluding tert-OH is 2. The first-order valence-electron chi connectivity index (χ1n) is 14.7. The standard InChI is InChI=1S/C31H38N8O8/c1-19-5-4-12-33-27(19)31(47)39-24(18-41)29(45)37-16-26(43)35-14-21-9-7-20(8-10-21)13-34-25(42)15-36-28(44)23(17-40)38-30(46)22-6-2-3-11-32-22/h2-4,6-12,19,23-24,40-41H,5,13-18H2,1H3,(H,34,42)(H,35,43)(H,36,44)(H,37,45)(H,38,46)(H,39,47)/t19?,23-,24-/m0/s1. The van der Waals surface area contributed by atoms with Crippen LogP contribution in [0.3, 0.4) is 0 Å². The lowest BCUT2D eigenvalue weighted by Crippen LogP contribution is -2.52. The molecule has 6 amide bonds. The summed E-state index contributed by atoms with van der Waals surface area (Å²) in [6, 6.07) is 9.11. The molecule has 1 aliphatic rings. The van der Waals surface area contributed by atoms with E-state index in [0.717, 1.165) is 11.1 Å². The Hall–Kier alpha value is -5.48. The summed E-state index contributed by atoms with van der Waals surface area (Å²) in [4.78, 5) is 81.7. The van der Waals surface area contributed by atoms with Crippen LogP contribution >= 0.6 is 0 Å². The normalized spacial score (nSPS) is 14.9. The van der Waals surface area contributed by atoms with E-state index in [1.165, 1.54) is 18.5 Å². The van der Waals surface area contributed by atoms with Crippen LogP contribution in [0, 0.1) is 5.92 Å². The highest BCUT2D eigenvalue weighted by atomic mass is 16.3. The molecule has 1 aromatic heterocycles. The SMILES string of the molecule is CC1CC=CN=C1C(=O)N[C@@H](CO)C(=O)NCC(=O)NCc1ccc(CNC(=O)CNC(=O)[C@H](CO)NC(=O)c2ccccn2)cc1. The van der Waals surface area contributed by atoms with Gasteiger partial charge >= 0.3 is 0 Å². The van der Waals surface area contributed by atoms with Crippen molar-refractivity contribution in [3.8, 4) is 0 Å². The van der Waals surface area contributed by atoms with E-state index < -0.39 is 60.7 Å². The average Bonchev–Trinajstić information content (AvgIpc) is 3.09. The lowest BCUT2D eigenvalue weighted by Gasteiger charge is -2.19. The van der Waals surface area contributed by atoms with Crippen LogP contribution in [0.15, 0.2) is 65.9 Å². The second-order valence-electron chi connectivity index (χ2n) is 10.5. The summed E-state index contributed by atoms with van der Waals surface area (Å²) in [5.41, 5.74) is 1.81. The molecule has 0 aliphatic carbocycles. The van der Waals surface area contributed by atoms with Gasteiger partial charge in [0, 0.05) is 31.4 Å². The molecule has 16 nitrogen and oxygen atoms in total. The Morgan fingerprint density at radius 2 is 1.30 bits per heavy atom. The summed E-state index contributed by atoms with van der Waals surface area (Å²) in [5, 5.41) is 33.9. The van der Waals surface area contributed by atoms with Gasteiger partial charge in [0.2, 0.25) is 23.6 Å². The monoisotopic (exact) mass is 650 g/mol. The Balaban J connectivity index is 1.34. The van der Waals surface area contributed by atoms with Gasteiger partial charge < -0.3 is 42.1 Å². The van der Waals surface area contributed by atoms with E-state index in [9.17, 15) is 39.0 Å². The lowest BCUT2D eigenvalue weighted by molar-refractivity contribution is -0.129. The fraction of sp³-hybridized carbons (Fsp3) is 0.355. The van der Waals surface area contributed by atoms with E-state index in [0.29, 0.717) is 6.42 Å².